The van der Waals surface area contributed by atoms with Gasteiger partial charge in [-0.1, -0.05) is 29.8 Å². The standard InChI is InChI=1S/C15H22N2O/c1-11-4-6-13(7-5-11)12(2)17-14(18)15(3)8-9-16-10-15/h4-7,12,16H,8-10H2,1-3H3,(H,17,18)/t12-,15?/m0/s1. The van der Waals surface area contributed by atoms with E-state index in [0.717, 1.165) is 25.1 Å². The van der Waals surface area contributed by atoms with Crippen LogP contribution in [0.25, 0.3) is 0 Å². The molecule has 1 aliphatic heterocycles. The lowest BCUT2D eigenvalue weighted by molar-refractivity contribution is -0.129. The number of benzene rings is 1. The van der Waals surface area contributed by atoms with E-state index in [9.17, 15) is 4.79 Å². The highest BCUT2D eigenvalue weighted by molar-refractivity contribution is 5.83. The number of aryl methyl sites for hydroxylation is 1. The molecule has 98 valence electrons. The van der Waals surface area contributed by atoms with Crippen molar-refractivity contribution < 1.29 is 4.79 Å². The molecule has 1 saturated heterocycles. The van der Waals surface area contributed by atoms with Crippen molar-refractivity contribution in [2.45, 2.75) is 33.2 Å². The molecule has 1 aromatic carbocycles. The van der Waals surface area contributed by atoms with Gasteiger partial charge in [-0.25, -0.2) is 0 Å². The van der Waals surface area contributed by atoms with E-state index in [-0.39, 0.29) is 17.4 Å². The van der Waals surface area contributed by atoms with Crippen LogP contribution in [0.15, 0.2) is 24.3 Å². The Morgan fingerprint density at radius 1 is 1.39 bits per heavy atom. The molecule has 0 bridgehead atoms. The minimum Gasteiger partial charge on any atom is -0.349 e. The van der Waals surface area contributed by atoms with Crippen molar-refractivity contribution in [3.63, 3.8) is 0 Å². The lowest BCUT2D eigenvalue weighted by atomic mass is 9.88. The Morgan fingerprint density at radius 2 is 2.06 bits per heavy atom. The van der Waals surface area contributed by atoms with Crippen LogP contribution in [0, 0.1) is 12.3 Å². The first kappa shape index (κ1) is 13.1. The van der Waals surface area contributed by atoms with E-state index in [0.29, 0.717) is 0 Å². The van der Waals surface area contributed by atoms with Crippen molar-refractivity contribution in [2.75, 3.05) is 13.1 Å². The van der Waals surface area contributed by atoms with Gasteiger partial charge in [0, 0.05) is 6.54 Å². The number of hydrogen-bond acceptors (Lipinski definition) is 2. The summed E-state index contributed by atoms with van der Waals surface area (Å²) in [7, 11) is 0. The Morgan fingerprint density at radius 3 is 2.61 bits per heavy atom. The smallest absolute Gasteiger partial charge is 0.227 e. The van der Waals surface area contributed by atoms with Crippen molar-refractivity contribution >= 4 is 5.91 Å². The maximum Gasteiger partial charge on any atom is 0.227 e. The SMILES string of the molecule is Cc1ccc([C@H](C)NC(=O)C2(C)CCNC2)cc1. The van der Waals surface area contributed by atoms with Gasteiger partial charge >= 0.3 is 0 Å². The first-order valence-corrected chi connectivity index (χ1v) is 6.59. The Hall–Kier alpha value is -1.35. The number of nitrogens with one attached hydrogen (secondary N) is 2. The summed E-state index contributed by atoms with van der Waals surface area (Å²) in [5, 5.41) is 6.37. The highest BCUT2D eigenvalue weighted by atomic mass is 16.2. The highest BCUT2D eigenvalue weighted by Gasteiger charge is 2.36. The number of rotatable bonds is 3. The van der Waals surface area contributed by atoms with Gasteiger partial charge in [0.1, 0.15) is 0 Å². The summed E-state index contributed by atoms with van der Waals surface area (Å²) >= 11 is 0. The fourth-order valence-corrected chi connectivity index (χ4v) is 2.32. The maximum atomic E-state index is 12.3. The maximum absolute atomic E-state index is 12.3. The lowest BCUT2D eigenvalue weighted by Gasteiger charge is -2.24. The molecule has 0 saturated carbocycles. The van der Waals surface area contributed by atoms with Crippen LogP contribution in [0.4, 0.5) is 0 Å². The Bertz CT molecular complexity index is 419. The van der Waals surface area contributed by atoms with Crippen LogP contribution < -0.4 is 10.6 Å². The molecule has 0 spiro atoms. The molecule has 3 nitrogen and oxygen atoms in total. The van der Waals surface area contributed by atoms with Gasteiger partial charge in [0.15, 0.2) is 0 Å². The quantitative estimate of drug-likeness (QED) is 0.858. The molecule has 0 aromatic heterocycles. The summed E-state index contributed by atoms with van der Waals surface area (Å²) in [6, 6.07) is 8.38. The second-order valence-electron chi connectivity index (χ2n) is 5.59. The topological polar surface area (TPSA) is 41.1 Å². The number of carbonyl (C=O) groups is 1. The van der Waals surface area contributed by atoms with E-state index in [1.807, 2.05) is 13.8 Å². The van der Waals surface area contributed by atoms with Gasteiger partial charge in [-0.15, -0.1) is 0 Å². The molecule has 18 heavy (non-hydrogen) atoms. The van der Waals surface area contributed by atoms with Crippen LogP contribution in [0.5, 0.6) is 0 Å². The molecule has 3 heteroatoms. The van der Waals surface area contributed by atoms with Crippen molar-refractivity contribution in [3.05, 3.63) is 35.4 Å². The summed E-state index contributed by atoms with van der Waals surface area (Å²) in [6.07, 6.45) is 0.916. The Balaban J connectivity index is 2.00. The molecule has 0 aliphatic carbocycles. The van der Waals surface area contributed by atoms with Crippen molar-refractivity contribution in [1.29, 1.82) is 0 Å². The third-order valence-electron chi connectivity index (χ3n) is 3.84. The van der Waals surface area contributed by atoms with Gasteiger partial charge in [-0.3, -0.25) is 4.79 Å². The van der Waals surface area contributed by atoms with Crippen LogP contribution in [0.3, 0.4) is 0 Å². The number of amides is 1. The summed E-state index contributed by atoms with van der Waals surface area (Å²) in [5.74, 6) is 0.153. The molecular weight excluding hydrogens is 224 g/mol. The van der Waals surface area contributed by atoms with Crippen molar-refractivity contribution in [2.24, 2.45) is 5.41 Å². The molecule has 1 aromatic rings. The Kier molecular flexibility index (Phi) is 3.71. The van der Waals surface area contributed by atoms with Gasteiger partial charge in [0.2, 0.25) is 5.91 Å². The average molecular weight is 246 g/mol. The fourth-order valence-electron chi connectivity index (χ4n) is 2.32. The van der Waals surface area contributed by atoms with E-state index >= 15 is 0 Å². The van der Waals surface area contributed by atoms with E-state index in [1.165, 1.54) is 5.56 Å². The van der Waals surface area contributed by atoms with Crippen LogP contribution in [-0.2, 0) is 4.79 Å². The molecule has 1 heterocycles. The zero-order chi connectivity index (χ0) is 13.2. The molecule has 1 aliphatic rings. The number of hydrogen-bond donors (Lipinski definition) is 2. The molecular formula is C15H22N2O. The predicted octanol–water partition coefficient (Wildman–Crippen LogP) is 2.17. The summed E-state index contributed by atoms with van der Waals surface area (Å²) in [4.78, 5) is 12.3. The van der Waals surface area contributed by atoms with Crippen molar-refractivity contribution in [3.8, 4) is 0 Å². The second-order valence-corrected chi connectivity index (χ2v) is 5.59. The van der Waals surface area contributed by atoms with Gasteiger partial charge in [0.05, 0.1) is 11.5 Å². The largest absolute Gasteiger partial charge is 0.349 e. The first-order chi connectivity index (χ1) is 8.51. The summed E-state index contributed by atoms with van der Waals surface area (Å²) in [5.41, 5.74) is 2.15. The van der Waals surface area contributed by atoms with Gasteiger partial charge in [-0.2, -0.15) is 0 Å². The summed E-state index contributed by atoms with van der Waals surface area (Å²) in [6.45, 7) is 7.85. The van der Waals surface area contributed by atoms with Crippen molar-refractivity contribution in [1.82, 2.24) is 10.6 Å². The minimum absolute atomic E-state index is 0.0653. The van der Waals surface area contributed by atoms with Crippen LogP contribution in [-0.4, -0.2) is 19.0 Å². The van der Waals surface area contributed by atoms with E-state index < -0.39 is 0 Å². The monoisotopic (exact) mass is 246 g/mol. The molecule has 1 unspecified atom stereocenters. The number of carbonyl (C=O) groups excluding carboxylic acids is 1. The highest BCUT2D eigenvalue weighted by Crippen LogP contribution is 2.26. The fraction of sp³-hybridized carbons (Fsp3) is 0.533. The zero-order valence-corrected chi connectivity index (χ0v) is 11.4. The molecule has 0 radical (unpaired) electrons. The van der Waals surface area contributed by atoms with Gasteiger partial charge in [-0.05, 0) is 39.3 Å². The van der Waals surface area contributed by atoms with E-state index in [1.54, 1.807) is 0 Å². The van der Waals surface area contributed by atoms with Crippen LogP contribution in [0.2, 0.25) is 0 Å². The average Bonchev–Trinajstić information content (AvgIpc) is 2.78. The minimum atomic E-state index is -0.251. The normalized spacial score (nSPS) is 24.8. The summed E-state index contributed by atoms with van der Waals surface area (Å²) < 4.78 is 0. The third-order valence-corrected chi connectivity index (χ3v) is 3.84. The molecule has 2 N–H and O–H groups in total. The second kappa shape index (κ2) is 5.11. The van der Waals surface area contributed by atoms with Crippen LogP contribution >= 0.6 is 0 Å². The van der Waals surface area contributed by atoms with Gasteiger partial charge < -0.3 is 10.6 Å². The lowest BCUT2D eigenvalue weighted by Crippen LogP contribution is -2.41. The van der Waals surface area contributed by atoms with Gasteiger partial charge in [0.25, 0.3) is 0 Å². The van der Waals surface area contributed by atoms with E-state index in [2.05, 4.69) is 41.8 Å². The molecule has 2 atom stereocenters. The van der Waals surface area contributed by atoms with Crippen LogP contribution in [0.1, 0.15) is 37.4 Å². The Labute approximate surface area is 109 Å². The molecule has 1 fully saturated rings. The molecule has 1 amide bonds. The zero-order valence-electron chi connectivity index (χ0n) is 11.4. The third kappa shape index (κ3) is 2.72. The van der Waals surface area contributed by atoms with E-state index in [4.69, 9.17) is 0 Å². The predicted molar refractivity (Wildman–Crippen MR) is 73.3 cm³/mol. The molecule has 2 rings (SSSR count). The first-order valence-electron chi connectivity index (χ1n) is 6.59.